The molecular weight excluding hydrogens is 254 g/mol. The summed E-state index contributed by atoms with van der Waals surface area (Å²) in [6.07, 6.45) is 4.40. The van der Waals surface area contributed by atoms with Crippen LogP contribution < -0.4 is 0 Å². The van der Waals surface area contributed by atoms with E-state index in [0.717, 1.165) is 28.7 Å². The zero-order chi connectivity index (χ0) is 13.1. The Hall–Kier alpha value is -2.13. The molecule has 2 nitrogen and oxygen atoms in total. The number of pyridine rings is 1. The molecule has 2 heterocycles. The fourth-order valence-electron chi connectivity index (χ4n) is 2.20. The summed E-state index contributed by atoms with van der Waals surface area (Å²) < 4.78 is 0. The number of phenolic OH excluding ortho intramolecular Hbond substituents is 1. The van der Waals surface area contributed by atoms with E-state index in [4.69, 9.17) is 0 Å². The summed E-state index contributed by atoms with van der Waals surface area (Å²) in [6.45, 7) is 0. The van der Waals surface area contributed by atoms with Crippen LogP contribution in [0.3, 0.4) is 0 Å². The second-order valence-electron chi connectivity index (χ2n) is 4.36. The van der Waals surface area contributed by atoms with Gasteiger partial charge >= 0.3 is 0 Å². The highest BCUT2D eigenvalue weighted by Crippen LogP contribution is 2.34. The molecule has 0 aliphatic carbocycles. The van der Waals surface area contributed by atoms with E-state index in [2.05, 4.69) is 22.5 Å². The van der Waals surface area contributed by atoms with Crippen LogP contribution in [0.4, 0.5) is 0 Å². The molecule has 1 N–H and O–H groups in total. The average Bonchev–Trinajstić information content (AvgIpc) is 2.94. The number of hydrogen-bond donors (Lipinski definition) is 1. The molecule has 0 radical (unpaired) electrons. The number of aromatic nitrogens is 1. The first-order valence-electron chi connectivity index (χ1n) is 6.07. The van der Waals surface area contributed by atoms with E-state index in [1.54, 1.807) is 23.6 Å². The lowest BCUT2D eigenvalue weighted by atomic mass is 9.96. The van der Waals surface area contributed by atoms with Gasteiger partial charge in [0.2, 0.25) is 0 Å². The molecule has 0 spiro atoms. The second kappa shape index (κ2) is 5.24. The minimum Gasteiger partial charge on any atom is -0.507 e. The first-order valence-corrected chi connectivity index (χ1v) is 7.01. The van der Waals surface area contributed by atoms with Crippen LogP contribution in [0.25, 0.3) is 11.1 Å². The van der Waals surface area contributed by atoms with Gasteiger partial charge in [-0.2, -0.15) is 11.3 Å². The van der Waals surface area contributed by atoms with Gasteiger partial charge in [-0.1, -0.05) is 18.2 Å². The largest absolute Gasteiger partial charge is 0.507 e. The van der Waals surface area contributed by atoms with Gasteiger partial charge in [0.05, 0.1) is 0 Å². The summed E-state index contributed by atoms with van der Waals surface area (Å²) in [4.78, 5) is 4.14. The van der Waals surface area contributed by atoms with Crippen LogP contribution in [0.5, 0.6) is 5.75 Å². The van der Waals surface area contributed by atoms with Crippen molar-refractivity contribution in [3.63, 3.8) is 0 Å². The summed E-state index contributed by atoms with van der Waals surface area (Å²) >= 11 is 1.63. The van der Waals surface area contributed by atoms with Crippen LogP contribution in [-0.2, 0) is 6.42 Å². The monoisotopic (exact) mass is 267 g/mol. The molecule has 0 atom stereocenters. The van der Waals surface area contributed by atoms with Crippen molar-refractivity contribution in [1.82, 2.24) is 4.98 Å². The van der Waals surface area contributed by atoms with Crippen molar-refractivity contribution in [1.29, 1.82) is 0 Å². The second-order valence-corrected chi connectivity index (χ2v) is 5.14. The fraction of sp³-hybridized carbons (Fsp3) is 0.0625. The number of aromatic hydroxyl groups is 1. The number of rotatable bonds is 3. The van der Waals surface area contributed by atoms with Gasteiger partial charge in [0, 0.05) is 18.0 Å². The third kappa shape index (κ3) is 2.51. The van der Waals surface area contributed by atoms with Crippen LogP contribution >= 0.6 is 11.3 Å². The lowest BCUT2D eigenvalue weighted by molar-refractivity contribution is 0.477. The highest BCUT2D eigenvalue weighted by atomic mass is 32.1. The minimum atomic E-state index is 0.333. The van der Waals surface area contributed by atoms with Crippen LogP contribution in [0.15, 0.2) is 59.6 Å². The lowest BCUT2D eigenvalue weighted by Crippen LogP contribution is -1.92. The lowest BCUT2D eigenvalue weighted by Gasteiger charge is -2.10. The van der Waals surface area contributed by atoms with E-state index in [9.17, 15) is 5.11 Å². The first kappa shape index (κ1) is 11.9. The fourth-order valence-corrected chi connectivity index (χ4v) is 2.84. The number of nitrogens with zero attached hydrogens (tertiary/aromatic N) is 1. The SMILES string of the molecule is Oc1cccc(Cc2cccnc2)c1-c1ccsc1. The molecule has 0 amide bonds. The molecule has 2 aromatic heterocycles. The molecule has 1 aromatic carbocycles. The van der Waals surface area contributed by atoms with Crippen molar-refractivity contribution in [2.24, 2.45) is 0 Å². The van der Waals surface area contributed by atoms with E-state index >= 15 is 0 Å². The van der Waals surface area contributed by atoms with Crippen molar-refractivity contribution < 1.29 is 5.11 Å². The quantitative estimate of drug-likeness (QED) is 0.774. The molecule has 3 rings (SSSR count). The number of thiophene rings is 1. The van der Waals surface area contributed by atoms with Gasteiger partial charge in [-0.15, -0.1) is 0 Å². The normalized spacial score (nSPS) is 10.5. The Kier molecular flexibility index (Phi) is 3.29. The molecule has 19 heavy (non-hydrogen) atoms. The Morgan fingerprint density at radius 3 is 2.79 bits per heavy atom. The summed E-state index contributed by atoms with van der Waals surface area (Å²) in [5, 5.41) is 14.2. The Bertz CT molecular complexity index is 662. The average molecular weight is 267 g/mol. The maximum atomic E-state index is 10.1. The molecular formula is C16H13NOS. The molecule has 0 saturated heterocycles. The number of phenols is 1. The van der Waals surface area contributed by atoms with E-state index in [1.165, 1.54) is 0 Å². The van der Waals surface area contributed by atoms with Gasteiger partial charge in [-0.25, -0.2) is 0 Å². The van der Waals surface area contributed by atoms with Gasteiger partial charge in [0.25, 0.3) is 0 Å². The molecule has 0 bridgehead atoms. The molecule has 0 aliphatic heterocycles. The van der Waals surface area contributed by atoms with Gasteiger partial charge in [0.1, 0.15) is 5.75 Å². The molecule has 0 unspecified atom stereocenters. The summed E-state index contributed by atoms with van der Waals surface area (Å²) in [6, 6.07) is 11.7. The third-order valence-corrected chi connectivity index (χ3v) is 3.74. The van der Waals surface area contributed by atoms with Crippen molar-refractivity contribution in [2.75, 3.05) is 0 Å². The Morgan fingerprint density at radius 2 is 2.05 bits per heavy atom. The van der Waals surface area contributed by atoms with Crippen molar-refractivity contribution in [3.8, 4) is 16.9 Å². The van der Waals surface area contributed by atoms with Crippen LogP contribution in [0.2, 0.25) is 0 Å². The molecule has 94 valence electrons. The predicted molar refractivity (Wildman–Crippen MR) is 78.5 cm³/mol. The van der Waals surface area contributed by atoms with E-state index < -0.39 is 0 Å². The first-order chi connectivity index (χ1) is 9.34. The Balaban J connectivity index is 2.05. The molecule has 3 heteroatoms. The zero-order valence-electron chi connectivity index (χ0n) is 10.3. The van der Waals surface area contributed by atoms with Gasteiger partial charge in [-0.3, -0.25) is 4.98 Å². The van der Waals surface area contributed by atoms with Crippen molar-refractivity contribution in [3.05, 3.63) is 70.7 Å². The Labute approximate surface area is 116 Å². The molecule has 0 aliphatic rings. The Morgan fingerprint density at radius 1 is 1.11 bits per heavy atom. The molecule has 3 aromatic rings. The van der Waals surface area contributed by atoms with Crippen LogP contribution in [0.1, 0.15) is 11.1 Å². The third-order valence-electron chi connectivity index (χ3n) is 3.06. The van der Waals surface area contributed by atoms with Crippen molar-refractivity contribution >= 4 is 11.3 Å². The minimum absolute atomic E-state index is 0.333. The van der Waals surface area contributed by atoms with Gasteiger partial charge in [-0.05, 0) is 52.1 Å². The summed E-state index contributed by atoms with van der Waals surface area (Å²) in [7, 11) is 0. The maximum Gasteiger partial charge on any atom is 0.123 e. The van der Waals surface area contributed by atoms with E-state index in [0.29, 0.717) is 5.75 Å². The van der Waals surface area contributed by atoms with Crippen molar-refractivity contribution in [2.45, 2.75) is 6.42 Å². The van der Waals surface area contributed by atoms with Gasteiger partial charge in [0.15, 0.2) is 0 Å². The van der Waals surface area contributed by atoms with Crippen LogP contribution in [0, 0.1) is 0 Å². The number of hydrogen-bond acceptors (Lipinski definition) is 3. The predicted octanol–water partition coefficient (Wildman–Crippen LogP) is 4.11. The standard InChI is InChI=1S/C16H13NOS/c18-15-5-1-4-13(9-12-3-2-7-17-10-12)16(15)14-6-8-19-11-14/h1-8,10-11,18H,9H2. The van der Waals surface area contributed by atoms with Gasteiger partial charge < -0.3 is 5.11 Å². The molecule has 0 saturated carbocycles. The molecule has 0 fully saturated rings. The zero-order valence-corrected chi connectivity index (χ0v) is 11.1. The highest BCUT2D eigenvalue weighted by molar-refractivity contribution is 7.08. The maximum absolute atomic E-state index is 10.1. The summed E-state index contributed by atoms with van der Waals surface area (Å²) in [5.41, 5.74) is 4.26. The summed E-state index contributed by atoms with van der Waals surface area (Å²) in [5.74, 6) is 0.333. The van der Waals surface area contributed by atoms with E-state index in [-0.39, 0.29) is 0 Å². The number of benzene rings is 1. The van der Waals surface area contributed by atoms with Crippen LogP contribution in [-0.4, -0.2) is 10.1 Å². The topological polar surface area (TPSA) is 33.1 Å². The smallest absolute Gasteiger partial charge is 0.123 e. The van der Waals surface area contributed by atoms with E-state index in [1.807, 2.05) is 29.8 Å². The highest BCUT2D eigenvalue weighted by Gasteiger charge is 2.11.